The number of nitrogens with zero attached hydrogens (tertiary/aromatic N) is 4. The summed E-state index contributed by atoms with van der Waals surface area (Å²) >= 11 is 0. The van der Waals surface area contributed by atoms with Gasteiger partial charge in [0, 0.05) is 56.9 Å². The van der Waals surface area contributed by atoms with E-state index in [0.717, 1.165) is 69.4 Å². The highest BCUT2D eigenvalue weighted by Gasteiger charge is 2.39. The van der Waals surface area contributed by atoms with E-state index in [1.165, 1.54) is 28.2 Å². The molecule has 0 N–H and O–H groups in total. The van der Waals surface area contributed by atoms with Gasteiger partial charge in [-0.25, -0.2) is 12.8 Å². The molecule has 1 unspecified atom stereocenters. The highest BCUT2D eigenvalue weighted by atomic mass is 32.2. The number of aryl methyl sites for hydroxylation is 2. The van der Waals surface area contributed by atoms with Crippen molar-refractivity contribution in [3.8, 4) is 0 Å². The van der Waals surface area contributed by atoms with Crippen LogP contribution in [-0.2, 0) is 16.4 Å². The summed E-state index contributed by atoms with van der Waals surface area (Å²) < 4.78 is 42.0. The van der Waals surface area contributed by atoms with Crippen molar-refractivity contribution in [1.29, 1.82) is 0 Å². The molecular weight excluding hydrogens is 539 g/mol. The van der Waals surface area contributed by atoms with E-state index in [9.17, 15) is 17.6 Å². The second-order valence-electron chi connectivity index (χ2n) is 11.9. The summed E-state index contributed by atoms with van der Waals surface area (Å²) in [5, 5.41) is 0. The van der Waals surface area contributed by atoms with Crippen molar-refractivity contribution in [3.63, 3.8) is 0 Å². The number of benzene rings is 2. The molecule has 216 valence electrons. The minimum Gasteiger partial charge on any atom is -0.371 e. The molecule has 3 aromatic rings. The zero-order chi connectivity index (χ0) is 28.8. The summed E-state index contributed by atoms with van der Waals surface area (Å²) in [5.41, 5.74) is 4.47. The van der Waals surface area contributed by atoms with Crippen LogP contribution in [0.3, 0.4) is 0 Å². The van der Waals surface area contributed by atoms with Crippen LogP contribution in [-0.4, -0.2) is 61.7 Å². The van der Waals surface area contributed by atoms with E-state index in [1.54, 1.807) is 14.0 Å². The third kappa shape index (κ3) is 5.26. The largest absolute Gasteiger partial charge is 0.371 e. The SMILES string of the molecule is Cc1cc(F)ccc1S(=O)(=O)N(C)C1CCc2ccc(C(=O)N3CCC4(CC3)CCN(c3ccncc3)CC4)cc21. The Morgan fingerprint density at radius 1 is 0.976 bits per heavy atom. The first-order chi connectivity index (χ1) is 19.7. The third-order valence-corrected chi connectivity index (χ3v) is 11.7. The molecule has 0 radical (unpaired) electrons. The van der Waals surface area contributed by atoms with Crippen molar-refractivity contribution in [3.05, 3.63) is 89.0 Å². The van der Waals surface area contributed by atoms with Crippen molar-refractivity contribution in [2.75, 3.05) is 38.1 Å². The Kier molecular flexibility index (Phi) is 7.36. The Morgan fingerprint density at radius 3 is 2.34 bits per heavy atom. The van der Waals surface area contributed by atoms with Crippen LogP contribution in [0, 0.1) is 18.2 Å². The van der Waals surface area contributed by atoms with Crippen molar-refractivity contribution in [1.82, 2.24) is 14.2 Å². The van der Waals surface area contributed by atoms with Crippen LogP contribution in [0.5, 0.6) is 0 Å². The Morgan fingerprint density at radius 2 is 1.66 bits per heavy atom. The summed E-state index contributed by atoms with van der Waals surface area (Å²) in [7, 11) is -2.26. The molecule has 9 heteroatoms. The number of carbonyl (C=O) groups is 1. The Labute approximate surface area is 242 Å². The molecule has 6 rings (SSSR count). The monoisotopic (exact) mass is 576 g/mol. The average Bonchev–Trinajstić information content (AvgIpc) is 3.41. The van der Waals surface area contributed by atoms with Crippen LogP contribution < -0.4 is 4.90 Å². The standard InChI is InChI=1S/C32H37FN4O3S/c1-23-21-26(33)6-8-30(23)41(39,40)35(2)29-7-5-24-3-4-25(22-28(24)29)31(38)37-19-13-32(14-20-37)11-17-36(18-12-32)27-9-15-34-16-10-27/h3-4,6,8-10,15-16,21-22,29H,5,7,11-14,17-20H2,1-2H3. The van der Waals surface area contributed by atoms with Crippen LogP contribution in [0.2, 0.25) is 0 Å². The van der Waals surface area contributed by atoms with E-state index in [2.05, 4.69) is 22.0 Å². The highest BCUT2D eigenvalue weighted by Crippen LogP contribution is 2.43. The number of likely N-dealkylation sites (tertiary alicyclic amines) is 1. The fraction of sp³-hybridized carbons (Fsp3) is 0.438. The fourth-order valence-corrected chi connectivity index (χ4v) is 8.55. The smallest absolute Gasteiger partial charge is 0.253 e. The summed E-state index contributed by atoms with van der Waals surface area (Å²) in [5.74, 6) is -0.445. The number of fused-ring (bicyclic) bond motifs is 1. The van der Waals surface area contributed by atoms with Gasteiger partial charge in [0.15, 0.2) is 0 Å². The van der Waals surface area contributed by atoms with Crippen molar-refractivity contribution < 1.29 is 17.6 Å². The third-order valence-electron chi connectivity index (χ3n) is 9.64. The molecule has 2 aromatic carbocycles. The fourth-order valence-electron chi connectivity index (χ4n) is 6.98. The molecule has 0 bridgehead atoms. The number of anilines is 1. The van der Waals surface area contributed by atoms with Crippen LogP contribution in [0.4, 0.5) is 10.1 Å². The number of hydrogen-bond donors (Lipinski definition) is 0. The van der Waals surface area contributed by atoms with Gasteiger partial charge in [0.1, 0.15) is 5.82 Å². The van der Waals surface area contributed by atoms with Gasteiger partial charge < -0.3 is 9.80 Å². The van der Waals surface area contributed by atoms with E-state index in [0.29, 0.717) is 23.0 Å². The molecule has 1 amide bonds. The maximum absolute atomic E-state index is 13.6. The summed E-state index contributed by atoms with van der Waals surface area (Å²) in [4.78, 5) is 22.3. The average molecular weight is 577 g/mol. The van der Waals surface area contributed by atoms with Crippen molar-refractivity contribution >= 4 is 21.6 Å². The second-order valence-corrected chi connectivity index (χ2v) is 13.8. The van der Waals surface area contributed by atoms with E-state index < -0.39 is 15.8 Å². The minimum atomic E-state index is -3.84. The van der Waals surface area contributed by atoms with Gasteiger partial charge in [-0.2, -0.15) is 4.31 Å². The number of rotatable bonds is 5. The maximum Gasteiger partial charge on any atom is 0.253 e. The van der Waals surface area contributed by atoms with Crippen molar-refractivity contribution in [2.45, 2.75) is 56.4 Å². The highest BCUT2D eigenvalue weighted by molar-refractivity contribution is 7.89. The second kappa shape index (κ2) is 10.8. The molecular formula is C32H37FN4O3S. The van der Waals surface area contributed by atoms with E-state index >= 15 is 0 Å². The molecule has 1 spiro atoms. The van der Waals surface area contributed by atoms with Gasteiger partial charge in [0.05, 0.1) is 10.9 Å². The maximum atomic E-state index is 13.6. The van der Waals surface area contributed by atoms with Gasteiger partial charge in [-0.1, -0.05) is 6.07 Å². The summed E-state index contributed by atoms with van der Waals surface area (Å²) in [6.07, 6.45) is 9.36. The topological polar surface area (TPSA) is 73.8 Å². The lowest BCUT2D eigenvalue weighted by Gasteiger charge is -2.47. The number of pyridine rings is 1. The molecule has 0 saturated carbocycles. The lowest BCUT2D eigenvalue weighted by Crippen LogP contribution is -2.48. The number of piperidine rings is 2. The van der Waals surface area contributed by atoms with Crippen molar-refractivity contribution in [2.24, 2.45) is 5.41 Å². The van der Waals surface area contributed by atoms with Crippen LogP contribution in [0.1, 0.15) is 65.2 Å². The molecule has 1 atom stereocenters. The molecule has 2 saturated heterocycles. The first kappa shape index (κ1) is 27.8. The summed E-state index contributed by atoms with van der Waals surface area (Å²) in [6.45, 7) is 5.14. The van der Waals surface area contributed by atoms with Crippen LogP contribution >= 0.6 is 0 Å². The number of aromatic nitrogens is 1. The van der Waals surface area contributed by atoms with E-state index in [-0.39, 0.29) is 16.8 Å². The molecule has 3 aliphatic rings. The molecule has 7 nitrogen and oxygen atoms in total. The van der Waals surface area contributed by atoms with E-state index in [4.69, 9.17) is 0 Å². The number of hydrogen-bond acceptors (Lipinski definition) is 5. The summed E-state index contributed by atoms with van der Waals surface area (Å²) in [6, 6.07) is 13.3. The van der Waals surface area contributed by atoms with Crippen LogP contribution in [0.15, 0.2) is 65.8 Å². The van der Waals surface area contributed by atoms with Gasteiger partial charge in [-0.3, -0.25) is 9.78 Å². The number of amides is 1. The molecule has 41 heavy (non-hydrogen) atoms. The number of halogens is 1. The normalized spacial score (nSPS) is 20.4. The Hall–Kier alpha value is -3.30. The van der Waals surface area contributed by atoms with Gasteiger partial charge in [0.2, 0.25) is 10.0 Å². The first-order valence-corrected chi connectivity index (χ1v) is 15.9. The lowest BCUT2D eigenvalue weighted by molar-refractivity contribution is 0.0515. The molecule has 1 aliphatic carbocycles. The minimum absolute atomic E-state index is 0.0161. The predicted molar refractivity (Wildman–Crippen MR) is 157 cm³/mol. The zero-order valence-corrected chi connectivity index (χ0v) is 24.5. The Bertz CT molecular complexity index is 1540. The van der Waals surface area contributed by atoms with Gasteiger partial charge in [0.25, 0.3) is 5.91 Å². The van der Waals surface area contributed by atoms with Crippen LogP contribution in [0.25, 0.3) is 0 Å². The quantitative estimate of drug-likeness (QED) is 0.409. The van der Waals surface area contributed by atoms with Gasteiger partial charge >= 0.3 is 0 Å². The molecule has 2 aliphatic heterocycles. The molecule has 2 fully saturated rings. The van der Waals surface area contributed by atoms with Gasteiger partial charge in [-0.15, -0.1) is 0 Å². The number of sulfonamides is 1. The molecule has 3 heterocycles. The predicted octanol–water partition coefficient (Wildman–Crippen LogP) is 5.36. The zero-order valence-electron chi connectivity index (χ0n) is 23.7. The van der Waals surface area contributed by atoms with Gasteiger partial charge in [-0.05, 0) is 110 Å². The first-order valence-electron chi connectivity index (χ1n) is 14.5. The van der Waals surface area contributed by atoms with E-state index in [1.807, 2.05) is 35.5 Å². The lowest BCUT2D eigenvalue weighted by atomic mass is 9.71. The Balaban J connectivity index is 1.13. The number of carbonyl (C=O) groups excluding carboxylic acids is 1. The molecule has 1 aromatic heterocycles.